The minimum Gasteiger partial charge on any atom is -0.443 e. The first-order valence-electron chi connectivity index (χ1n) is 8.57. The first-order chi connectivity index (χ1) is 13.0. The minimum atomic E-state index is -3.60. The van der Waals surface area contributed by atoms with Crippen LogP contribution in [0.1, 0.15) is 17.1 Å². The fourth-order valence-electron chi connectivity index (χ4n) is 3.17. The molecule has 0 atom stereocenters. The van der Waals surface area contributed by atoms with Gasteiger partial charge in [-0.15, -0.1) is 11.3 Å². The highest BCUT2D eigenvalue weighted by Gasteiger charge is 2.32. The third-order valence-electron chi connectivity index (χ3n) is 4.48. The quantitative estimate of drug-likeness (QED) is 0.643. The molecule has 0 aliphatic carbocycles. The molecule has 0 amide bonds. The smallest absolute Gasteiger partial charge is 0.246 e. The summed E-state index contributed by atoms with van der Waals surface area (Å²) >= 11 is 1.55. The van der Waals surface area contributed by atoms with Crippen LogP contribution in [-0.2, 0) is 21.3 Å². The van der Waals surface area contributed by atoms with Gasteiger partial charge in [0, 0.05) is 13.1 Å². The van der Waals surface area contributed by atoms with Crippen molar-refractivity contribution in [1.82, 2.24) is 19.1 Å². The molecular formula is C17H20N4O4S2. The van der Waals surface area contributed by atoms with Crippen molar-refractivity contribution in [3.8, 4) is 10.8 Å². The minimum absolute atomic E-state index is 0.270. The van der Waals surface area contributed by atoms with Gasteiger partial charge in [0.2, 0.25) is 15.9 Å². The predicted octanol–water partition coefficient (Wildman–Crippen LogP) is 2.29. The number of ether oxygens (including phenoxy) is 1. The number of hydrogen-bond donors (Lipinski definition) is 0. The molecule has 1 saturated heterocycles. The van der Waals surface area contributed by atoms with Crippen molar-refractivity contribution in [2.45, 2.75) is 25.3 Å². The average molecular weight is 409 g/mol. The largest absolute Gasteiger partial charge is 0.443 e. The van der Waals surface area contributed by atoms with E-state index < -0.39 is 10.0 Å². The van der Waals surface area contributed by atoms with Crippen LogP contribution >= 0.6 is 11.3 Å². The lowest BCUT2D eigenvalue weighted by Crippen LogP contribution is -2.41. The van der Waals surface area contributed by atoms with Gasteiger partial charge in [-0.1, -0.05) is 6.07 Å². The number of aryl methyl sites for hydroxylation is 1. The van der Waals surface area contributed by atoms with E-state index in [9.17, 15) is 8.42 Å². The maximum atomic E-state index is 13.0. The topological polar surface area (TPSA) is 90.5 Å². The molecule has 0 bridgehead atoms. The van der Waals surface area contributed by atoms with Gasteiger partial charge < -0.3 is 9.15 Å². The molecule has 4 rings (SSSR count). The molecule has 0 aromatic carbocycles. The molecule has 0 spiro atoms. The highest BCUT2D eigenvalue weighted by molar-refractivity contribution is 7.89. The van der Waals surface area contributed by atoms with Crippen molar-refractivity contribution < 1.29 is 17.6 Å². The maximum absolute atomic E-state index is 13.0. The van der Waals surface area contributed by atoms with Crippen LogP contribution < -0.4 is 0 Å². The number of hydrogen-bond acceptors (Lipinski definition) is 7. The van der Waals surface area contributed by atoms with E-state index in [1.54, 1.807) is 36.1 Å². The summed E-state index contributed by atoms with van der Waals surface area (Å²) in [4.78, 5) is 5.71. The van der Waals surface area contributed by atoms with Crippen LogP contribution in [0.3, 0.4) is 0 Å². The zero-order valence-electron chi connectivity index (χ0n) is 15.1. The summed E-state index contributed by atoms with van der Waals surface area (Å²) in [5.41, 5.74) is 1.78. The summed E-state index contributed by atoms with van der Waals surface area (Å²) < 4.78 is 40.0. The van der Waals surface area contributed by atoms with Gasteiger partial charge in [-0.2, -0.15) is 9.40 Å². The zero-order chi connectivity index (χ0) is 19.0. The normalized spacial score (nSPS) is 16.1. The highest BCUT2D eigenvalue weighted by atomic mass is 32.2. The van der Waals surface area contributed by atoms with Crippen molar-refractivity contribution in [2.75, 3.05) is 26.3 Å². The van der Waals surface area contributed by atoms with Crippen molar-refractivity contribution >= 4 is 21.4 Å². The van der Waals surface area contributed by atoms with Crippen LogP contribution in [-0.4, -0.2) is 53.8 Å². The molecule has 10 heteroatoms. The number of oxazole rings is 1. The Kier molecular flexibility index (Phi) is 4.89. The second kappa shape index (κ2) is 7.19. The molecule has 27 heavy (non-hydrogen) atoms. The standard InChI is InChI=1S/C17H20N4O4S2/c1-12-16(27(22,23)20-5-7-24-8-6-20)13(2)21(19-12)10-14-11-25-17(18-14)15-4-3-9-26-15/h3-4,9,11H,5-8,10H2,1-2H3. The fourth-order valence-corrected chi connectivity index (χ4v) is 5.61. The maximum Gasteiger partial charge on any atom is 0.246 e. The lowest BCUT2D eigenvalue weighted by Gasteiger charge is -2.26. The summed E-state index contributed by atoms with van der Waals surface area (Å²) in [6, 6.07) is 3.88. The molecule has 3 aromatic rings. The van der Waals surface area contributed by atoms with E-state index in [0.29, 0.717) is 55.8 Å². The van der Waals surface area contributed by atoms with Gasteiger partial charge in [-0.25, -0.2) is 13.4 Å². The highest BCUT2D eigenvalue weighted by Crippen LogP contribution is 2.26. The Bertz CT molecular complexity index is 1030. The SMILES string of the molecule is Cc1nn(Cc2coc(-c3cccs3)n2)c(C)c1S(=O)(=O)N1CCOCC1. The summed E-state index contributed by atoms with van der Waals surface area (Å²) in [7, 11) is -3.60. The molecule has 1 aliphatic heterocycles. The van der Waals surface area contributed by atoms with Crippen LogP contribution in [0.5, 0.6) is 0 Å². The average Bonchev–Trinajstić information content (AvgIpc) is 3.37. The third-order valence-corrected chi connectivity index (χ3v) is 7.49. The molecule has 3 aromatic heterocycles. The molecule has 1 aliphatic rings. The van der Waals surface area contributed by atoms with Crippen molar-refractivity contribution in [2.24, 2.45) is 0 Å². The Balaban J connectivity index is 1.61. The van der Waals surface area contributed by atoms with Crippen molar-refractivity contribution in [3.63, 3.8) is 0 Å². The van der Waals surface area contributed by atoms with Crippen LogP contribution in [0, 0.1) is 13.8 Å². The Labute approximate surface area is 161 Å². The van der Waals surface area contributed by atoms with Crippen LogP contribution in [0.15, 0.2) is 33.1 Å². The summed E-state index contributed by atoms with van der Waals surface area (Å²) in [6.45, 7) is 5.38. The monoisotopic (exact) mass is 408 g/mol. The van der Waals surface area contributed by atoms with Gasteiger partial charge in [-0.3, -0.25) is 4.68 Å². The van der Waals surface area contributed by atoms with E-state index in [4.69, 9.17) is 9.15 Å². The summed E-state index contributed by atoms with van der Waals surface area (Å²) in [5, 5.41) is 6.40. The van der Waals surface area contributed by atoms with Crippen molar-refractivity contribution in [1.29, 1.82) is 0 Å². The van der Waals surface area contributed by atoms with E-state index in [1.807, 2.05) is 17.5 Å². The Morgan fingerprint density at radius 3 is 2.74 bits per heavy atom. The number of morpholine rings is 1. The molecule has 0 N–H and O–H groups in total. The molecule has 4 heterocycles. The van der Waals surface area contributed by atoms with Gasteiger partial charge in [0.15, 0.2) is 0 Å². The Morgan fingerprint density at radius 2 is 2.04 bits per heavy atom. The molecule has 0 unspecified atom stereocenters. The molecule has 1 fully saturated rings. The number of sulfonamides is 1. The van der Waals surface area contributed by atoms with E-state index in [2.05, 4.69) is 10.1 Å². The summed E-state index contributed by atoms with van der Waals surface area (Å²) in [5.74, 6) is 0.558. The van der Waals surface area contributed by atoms with Gasteiger partial charge in [-0.05, 0) is 25.3 Å². The lowest BCUT2D eigenvalue weighted by molar-refractivity contribution is 0.0730. The fraction of sp³-hybridized carbons (Fsp3) is 0.412. The van der Waals surface area contributed by atoms with Crippen LogP contribution in [0.4, 0.5) is 0 Å². The summed E-state index contributed by atoms with van der Waals surface area (Å²) in [6.07, 6.45) is 1.58. The predicted molar refractivity (Wildman–Crippen MR) is 100 cm³/mol. The molecule has 0 radical (unpaired) electrons. The first-order valence-corrected chi connectivity index (χ1v) is 10.9. The van der Waals surface area contributed by atoms with E-state index >= 15 is 0 Å². The Morgan fingerprint density at radius 1 is 1.26 bits per heavy atom. The van der Waals surface area contributed by atoms with Gasteiger partial charge in [0.05, 0.1) is 36.0 Å². The molecule has 8 nitrogen and oxygen atoms in total. The van der Waals surface area contributed by atoms with Crippen LogP contribution in [0.2, 0.25) is 0 Å². The van der Waals surface area contributed by atoms with E-state index in [-0.39, 0.29) is 4.90 Å². The van der Waals surface area contributed by atoms with Crippen molar-refractivity contribution in [3.05, 3.63) is 40.9 Å². The van der Waals surface area contributed by atoms with Gasteiger partial charge >= 0.3 is 0 Å². The second-order valence-corrected chi connectivity index (χ2v) is 9.12. The Hall–Kier alpha value is -2.01. The number of aromatic nitrogens is 3. The number of nitrogens with zero attached hydrogens (tertiary/aromatic N) is 4. The second-order valence-electron chi connectivity index (χ2n) is 6.30. The number of rotatable bonds is 5. The van der Waals surface area contributed by atoms with Gasteiger partial charge in [0.1, 0.15) is 16.9 Å². The lowest BCUT2D eigenvalue weighted by atomic mass is 10.4. The number of thiophene rings is 1. The zero-order valence-corrected chi connectivity index (χ0v) is 16.7. The van der Waals surface area contributed by atoms with E-state index in [0.717, 1.165) is 4.88 Å². The van der Waals surface area contributed by atoms with Crippen LogP contribution in [0.25, 0.3) is 10.8 Å². The van der Waals surface area contributed by atoms with Gasteiger partial charge in [0.25, 0.3) is 0 Å². The molecule has 144 valence electrons. The van der Waals surface area contributed by atoms with E-state index in [1.165, 1.54) is 4.31 Å². The first kappa shape index (κ1) is 18.4. The molecular weight excluding hydrogens is 388 g/mol. The third kappa shape index (κ3) is 3.45. The molecule has 0 saturated carbocycles.